The number of halogens is 2. The van der Waals surface area contributed by atoms with Crippen molar-refractivity contribution in [2.75, 3.05) is 5.32 Å². The van der Waals surface area contributed by atoms with E-state index in [2.05, 4.69) is 37.2 Å². The van der Waals surface area contributed by atoms with Gasteiger partial charge in [0.2, 0.25) is 0 Å². The summed E-state index contributed by atoms with van der Waals surface area (Å²) in [6.07, 6.45) is 1.40. The molecule has 1 amide bonds. The number of carbonyl (C=O) groups is 2. The van der Waals surface area contributed by atoms with Crippen LogP contribution < -0.4 is 5.32 Å². The summed E-state index contributed by atoms with van der Waals surface area (Å²) in [5.41, 5.74) is 0.831. The minimum absolute atomic E-state index is 0.0243. The first-order chi connectivity index (χ1) is 9.40. The topological polar surface area (TPSA) is 79.5 Å². The van der Waals surface area contributed by atoms with E-state index in [-0.39, 0.29) is 17.0 Å². The van der Waals surface area contributed by atoms with Gasteiger partial charge in [-0.05, 0) is 41.1 Å². The van der Waals surface area contributed by atoms with E-state index in [0.29, 0.717) is 14.5 Å². The number of rotatable bonds is 3. The first-order valence-corrected chi connectivity index (χ1v) is 7.06. The van der Waals surface area contributed by atoms with Crippen molar-refractivity contribution in [1.29, 1.82) is 0 Å². The fraction of sp³-hybridized carbons (Fsp3) is 0.0769. The maximum atomic E-state index is 12.1. The van der Waals surface area contributed by atoms with E-state index >= 15 is 0 Å². The molecule has 2 aromatic rings. The average Bonchev–Trinajstić information content (AvgIpc) is 2.78. The van der Waals surface area contributed by atoms with Gasteiger partial charge in [-0.3, -0.25) is 4.79 Å². The van der Waals surface area contributed by atoms with Crippen LogP contribution in [-0.2, 0) is 0 Å². The molecule has 1 heterocycles. The molecule has 0 aliphatic carbocycles. The van der Waals surface area contributed by atoms with Gasteiger partial charge in [-0.2, -0.15) is 0 Å². The van der Waals surface area contributed by atoms with E-state index in [1.807, 2.05) is 0 Å². The number of aromatic carboxylic acids is 1. The number of carboxylic acid groups (broad SMARTS) is 1. The normalized spacial score (nSPS) is 10.3. The first kappa shape index (κ1) is 14.8. The van der Waals surface area contributed by atoms with Crippen LogP contribution in [0, 0.1) is 6.92 Å². The second-order valence-corrected chi connectivity index (χ2v) is 5.77. The Hall–Kier alpha value is -1.60. The molecule has 0 spiro atoms. The maximum absolute atomic E-state index is 12.1. The fourth-order valence-corrected chi connectivity index (χ4v) is 2.97. The van der Waals surface area contributed by atoms with Crippen molar-refractivity contribution in [3.05, 3.63) is 50.3 Å². The molecule has 0 radical (unpaired) electrons. The Bertz CT molecular complexity index is 694. The molecule has 0 bridgehead atoms. The number of anilines is 1. The van der Waals surface area contributed by atoms with Crippen molar-refractivity contribution < 1.29 is 19.1 Å². The number of nitrogens with one attached hydrogen (secondary N) is 1. The van der Waals surface area contributed by atoms with Crippen molar-refractivity contribution in [2.45, 2.75) is 6.92 Å². The van der Waals surface area contributed by atoms with Crippen LogP contribution >= 0.6 is 31.9 Å². The number of aryl methyl sites for hydroxylation is 1. The van der Waals surface area contributed by atoms with Gasteiger partial charge < -0.3 is 14.8 Å². The van der Waals surface area contributed by atoms with Gasteiger partial charge in [0.05, 0.1) is 17.5 Å². The van der Waals surface area contributed by atoms with Crippen LogP contribution in [0.1, 0.15) is 26.5 Å². The number of amides is 1. The van der Waals surface area contributed by atoms with Crippen LogP contribution in [0.2, 0.25) is 0 Å². The van der Waals surface area contributed by atoms with Gasteiger partial charge in [-0.25, -0.2) is 4.79 Å². The summed E-state index contributed by atoms with van der Waals surface area (Å²) < 4.78 is 6.13. The van der Waals surface area contributed by atoms with E-state index in [0.717, 1.165) is 0 Å². The standard InChI is InChI=1S/C13H9Br2NO4/c1-6-2-3-20-11(6)12(17)16-10-8(13(18)19)4-7(14)5-9(10)15/h2-5H,1H3,(H,16,17)(H,18,19). The summed E-state index contributed by atoms with van der Waals surface area (Å²) in [6, 6.07) is 4.72. The quantitative estimate of drug-likeness (QED) is 0.811. The van der Waals surface area contributed by atoms with Gasteiger partial charge in [0, 0.05) is 14.5 Å². The minimum atomic E-state index is -1.14. The largest absolute Gasteiger partial charge is 0.478 e. The Morgan fingerprint density at radius 1 is 1.30 bits per heavy atom. The Morgan fingerprint density at radius 2 is 2.00 bits per heavy atom. The lowest BCUT2D eigenvalue weighted by Crippen LogP contribution is -2.15. The van der Waals surface area contributed by atoms with E-state index in [9.17, 15) is 14.7 Å². The van der Waals surface area contributed by atoms with Gasteiger partial charge in [-0.15, -0.1) is 0 Å². The SMILES string of the molecule is Cc1ccoc1C(=O)Nc1c(Br)cc(Br)cc1C(=O)O. The Labute approximate surface area is 131 Å². The van der Waals surface area contributed by atoms with Gasteiger partial charge in [0.15, 0.2) is 5.76 Å². The number of hydrogen-bond donors (Lipinski definition) is 2. The molecule has 5 nitrogen and oxygen atoms in total. The molecule has 7 heteroatoms. The van der Waals surface area contributed by atoms with E-state index in [1.165, 1.54) is 12.3 Å². The highest BCUT2D eigenvalue weighted by Gasteiger charge is 2.20. The van der Waals surface area contributed by atoms with Crippen LogP contribution in [0.25, 0.3) is 0 Å². The zero-order valence-electron chi connectivity index (χ0n) is 10.2. The first-order valence-electron chi connectivity index (χ1n) is 5.48. The van der Waals surface area contributed by atoms with Gasteiger partial charge in [0.25, 0.3) is 5.91 Å². The Kier molecular flexibility index (Phi) is 4.29. The van der Waals surface area contributed by atoms with Crippen LogP contribution in [0.4, 0.5) is 5.69 Å². The molecular weight excluding hydrogens is 394 g/mol. The lowest BCUT2D eigenvalue weighted by molar-refractivity contribution is 0.0698. The third-order valence-corrected chi connectivity index (χ3v) is 3.68. The van der Waals surface area contributed by atoms with Gasteiger partial charge >= 0.3 is 5.97 Å². The smallest absolute Gasteiger partial charge is 0.337 e. The summed E-state index contributed by atoms with van der Waals surface area (Å²) in [5, 5.41) is 11.7. The van der Waals surface area contributed by atoms with Crippen molar-refractivity contribution in [1.82, 2.24) is 0 Å². The lowest BCUT2D eigenvalue weighted by Gasteiger charge is -2.10. The van der Waals surface area contributed by atoms with Crippen LogP contribution in [0.5, 0.6) is 0 Å². The number of furan rings is 1. The molecule has 0 saturated heterocycles. The summed E-state index contributed by atoms with van der Waals surface area (Å²) in [4.78, 5) is 23.3. The second-order valence-electron chi connectivity index (χ2n) is 4.00. The molecule has 20 heavy (non-hydrogen) atoms. The Balaban J connectivity index is 2.41. The fourth-order valence-electron chi connectivity index (χ4n) is 1.64. The highest BCUT2D eigenvalue weighted by atomic mass is 79.9. The number of benzene rings is 1. The molecule has 0 saturated carbocycles. The average molecular weight is 403 g/mol. The molecule has 104 valence electrons. The third kappa shape index (κ3) is 2.94. The predicted molar refractivity (Wildman–Crippen MR) is 80.2 cm³/mol. The maximum Gasteiger partial charge on any atom is 0.337 e. The van der Waals surface area contributed by atoms with Crippen molar-refractivity contribution >= 4 is 49.4 Å². The molecule has 0 fully saturated rings. The van der Waals surface area contributed by atoms with Gasteiger partial charge in [0.1, 0.15) is 0 Å². The molecule has 1 aromatic heterocycles. The van der Waals surface area contributed by atoms with E-state index in [1.54, 1.807) is 19.1 Å². The van der Waals surface area contributed by atoms with Crippen LogP contribution in [0.3, 0.4) is 0 Å². The summed E-state index contributed by atoms with van der Waals surface area (Å²) in [7, 11) is 0. The van der Waals surface area contributed by atoms with E-state index in [4.69, 9.17) is 4.42 Å². The minimum Gasteiger partial charge on any atom is -0.478 e. The van der Waals surface area contributed by atoms with Crippen molar-refractivity contribution in [3.8, 4) is 0 Å². The van der Waals surface area contributed by atoms with Crippen molar-refractivity contribution in [3.63, 3.8) is 0 Å². The second kappa shape index (κ2) is 5.80. The van der Waals surface area contributed by atoms with E-state index < -0.39 is 11.9 Å². The molecule has 0 atom stereocenters. The predicted octanol–water partition coefficient (Wildman–Crippen LogP) is 4.06. The number of carboxylic acids is 1. The molecule has 2 rings (SSSR count). The molecular formula is C13H9Br2NO4. The molecule has 0 aliphatic heterocycles. The monoisotopic (exact) mass is 401 g/mol. The lowest BCUT2D eigenvalue weighted by atomic mass is 10.1. The highest BCUT2D eigenvalue weighted by molar-refractivity contribution is 9.11. The number of carbonyl (C=O) groups excluding carboxylic acids is 1. The highest BCUT2D eigenvalue weighted by Crippen LogP contribution is 2.31. The molecule has 0 aliphatic rings. The van der Waals surface area contributed by atoms with Crippen LogP contribution in [-0.4, -0.2) is 17.0 Å². The van der Waals surface area contributed by atoms with Crippen LogP contribution in [0.15, 0.2) is 37.8 Å². The molecule has 0 unspecified atom stereocenters. The van der Waals surface area contributed by atoms with Gasteiger partial charge in [-0.1, -0.05) is 15.9 Å². The third-order valence-electron chi connectivity index (χ3n) is 2.59. The zero-order valence-corrected chi connectivity index (χ0v) is 13.4. The number of hydrogen-bond acceptors (Lipinski definition) is 3. The summed E-state index contributed by atoms with van der Waals surface area (Å²) in [5.74, 6) is -1.49. The summed E-state index contributed by atoms with van der Waals surface area (Å²) in [6.45, 7) is 1.73. The molecule has 1 aromatic carbocycles. The zero-order chi connectivity index (χ0) is 14.9. The molecule has 2 N–H and O–H groups in total. The Morgan fingerprint density at radius 3 is 2.55 bits per heavy atom. The summed E-state index contributed by atoms with van der Waals surface area (Å²) >= 11 is 6.45. The van der Waals surface area contributed by atoms with Crippen molar-refractivity contribution in [2.24, 2.45) is 0 Å².